The van der Waals surface area contributed by atoms with E-state index in [1.165, 1.54) is 15.2 Å². The molecule has 0 aliphatic heterocycles. The number of fused-ring (bicyclic) bond motifs is 1. The standard InChI is InChI=1S/C21H23N5S2/c1-3-25-19(13-16-9-5-4-6-10-16)23-26(21(25)27)15-24(2)14-20-22-17-11-7-8-12-18(17)28-20/h4-12H,3,13-15H2,1-2H3/p+1. The van der Waals surface area contributed by atoms with Gasteiger partial charge in [0.05, 0.1) is 17.3 Å². The zero-order valence-corrected chi connectivity index (χ0v) is 17.8. The van der Waals surface area contributed by atoms with Crippen LogP contribution in [0.15, 0.2) is 54.6 Å². The van der Waals surface area contributed by atoms with Crippen molar-refractivity contribution >= 4 is 33.8 Å². The van der Waals surface area contributed by atoms with Gasteiger partial charge in [0.1, 0.15) is 17.4 Å². The molecule has 0 aliphatic carbocycles. The second-order valence-corrected chi connectivity index (χ2v) is 8.45. The van der Waals surface area contributed by atoms with Gasteiger partial charge in [0.25, 0.3) is 0 Å². The van der Waals surface area contributed by atoms with Crippen LogP contribution in [0.2, 0.25) is 0 Å². The maximum absolute atomic E-state index is 5.70. The number of thiazole rings is 1. The molecular formula is C21H24N5S2+. The Bertz CT molecular complexity index is 1090. The Morgan fingerprint density at radius 3 is 2.57 bits per heavy atom. The third kappa shape index (κ3) is 4.06. The van der Waals surface area contributed by atoms with Crippen molar-refractivity contribution in [2.24, 2.45) is 0 Å². The van der Waals surface area contributed by atoms with Crippen LogP contribution in [0, 0.1) is 4.77 Å². The Labute approximate surface area is 173 Å². The minimum atomic E-state index is 0.726. The lowest BCUT2D eigenvalue weighted by molar-refractivity contribution is -0.917. The van der Waals surface area contributed by atoms with Crippen LogP contribution in [-0.4, -0.2) is 26.4 Å². The van der Waals surface area contributed by atoms with Crippen LogP contribution in [0.5, 0.6) is 0 Å². The smallest absolute Gasteiger partial charge is 0.202 e. The van der Waals surface area contributed by atoms with E-state index in [1.807, 2.05) is 16.8 Å². The lowest BCUT2D eigenvalue weighted by Crippen LogP contribution is -3.07. The largest absolute Gasteiger partial charge is 0.313 e. The highest BCUT2D eigenvalue weighted by molar-refractivity contribution is 7.71. The van der Waals surface area contributed by atoms with Crippen molar-refractivity contribution in [3.63, 3.8) is 0 Å². The Hall–Kier alpha value is -2.35. The molecule has 2 heterocycles. The average molecular weight is 411 g/mol. The van der Waals surface area contributed by atoms with Gasteiger partial charge in [-0.15, -0.1) is 11.3 Å². The van der Waals surface area contributed by atoms with Crippen molar-refractivity contribution in [2.45, 2.75) is 33.1 Å². The number of nitrogens with one attached hydrogen (secondary N) is 1. The number of aromatic nitrogens is 4. The van der Waals surface area contributed by atoms with E-state index in [1.54, 1.807) is 11.3 Å². The zero-order chi connectivity index (χ0) is 19.5. The van der Waals surface area contributed by atoms with Gasteiger partial charge in [0.15, 0.2) is 6.67 Å². The minimum Gasteiger partial charge on any atom is -0.313 e. The molecule has 144 valence electrons. The topological polar surface area (TPSA) is 40.1 Å². The summed E-state index contributed by atoms with van der Waals surface area (Å²) < 4.78 is 6.12. The van der Waals surface area contributed by atoms with Crippen molar-refractivity contribution in [3.05, 3.63) is 75.8 Å². The van der Waals surface area contributed by atoms with E-state index in [0.717, 1.165) is 47.3 Å². The van der Waals surface area contributed by atoms with Crippen LogP contribution in [0.4, 0.5) is 0 Å². The fourth-order valence-electron chi connectivity index (χ4n) is 3.38. The molecule has 5 nitrogen and oxygen atoms in total. The van der Waals surface area contributed by atoms with Crippen LogP contribution in [0.3, 0.4) is 0 Å². The molecule has 7 heteroatoms. The van der Waals surface area contributed by atoms with Gasteiger partial charge in [-0.3, -0.25) is 0 Å². The molecule has 4 aromatic rings. The maximum Gasteiger partial charge on any atom is 0.202 e. The fraction of sp³-hybridized carbons (Fsp3) is 0.286. The number of quaternary nitrogens is 1. The predicted molar refractivity (Wildman–Crippen MR) is 116 cm³/mol. The summed E-state index contributed by atoms with van der Waals surface area (Å²) in [6.45, 7) is 4.53. The Kier molecular flexibility index (Phi) is 5.66. The molecule has 0 spiro atoms. The summed E-state index contributed by atoms with van der Waals surface area (Å²) in [5.74, 6) is 1.02. The van der Waals surface area contributed by atoms with Gasteiger partial charge in [0, 0.05) is 13.0 Å². The molecule has 1 N–H and O–H groups in total. The van der Waals surface area contributed by atoms with Crippen molar-refractivity contribution in [3.8, 4) is 0 Å². The summed E-state index contributed by atoms with van der Waals surface area (Å²) in [5, 5.41) is 5.98. The number of benzene rings is 2. The molecule has 2 aromatic carbocycles. The summed E-state index contributed by atoms with van der Waals surface area (Å²) in [5.41, 5.74) is 2.33. The van der Waals surface area contributed by atoms with Gasteiger partial charge < -0.3 is 9.47 Å². The quantitative estimate of drug-likeness (QED) is 0.475. The lowest BCUT2D eigenvalue weighted by Gasteiger charge is -2.11. The van der Waals surface area contributed by atoms with E-state index >= 15 is 0 Å². The minimum absolute atomic E-state index is 0.726. The molecule has 0 saturated carbocycles. The molecule has 1 unspecified atom stereocenters. The summed E-state index contributed by atoms with van der Waals surface area (Å²) in [7, 11) is 2.16. The van der Waals surface area contributed by atoms with Crippen LogP contribution < -0.4 is 4.90 Å². The molecule has 0 aliphatic rings. The Balaban J connectivity index is 1.51. The van der Waals surface area contributed by atoms with Crippen molar-refractivity contribution < 1.29 is 4.90 Å². The number of para-hydroxylation sites is 1. The average Bonchev–Trinajstić information content (AvgIpc) is 3.22. The summed E-state index contributed by atoms with van der Waals surface area (Å²) >= 11 is 7.46. The number of hydrogen-bond donors (Lipinski definition) is 1. The van der Waals surface area contributed by atoms with E-state index in [0.29, 0.717) is 0 Å². The first kappa shape index (κ1) is 19.0. The van der Waals surface area contributed by atoms with E-state index in [4.69, 9.17) is 22.3 Å². The first-order valence-corrected chi connectivity index (χ1v) is 10.7. The monoisotopic (exact) mass is 410 g/mol. The van der Waals surface area contributed by atoms with E-state index < -0.39 is 0 Å². The van der Waals surface area contributed by atoms with E-state index in [-0.39, 0.29) is 0 Å². The third-order valence-electron chi connectivity index (χ3n) is 4.73. The highest BCUT2D eigenvalue weighted by atomic mass is 32.1. The fourth-order valence-corrected chi connectivity index (χ4v) is 4.80. The van der Waals surface area contributed by atoms with E-state index in [2.05, 4.69) is 61.0 Å². The van der Waals surface area contributed by atoms with Gasteiger partial charge in [-0.2, -0.15) is 9.78 Å². The molecule has 2 aromatic heterocycles. The first-order valence-electron chi connectivity index (χ1n) is 9.50. The SMILES string of the molecule is CCn1c(Cc2ccccc2)nn(C[NH+](C)Cc2nc3ccccc3s2)c1=S. The Morgan fingerprint density at radius 2 is 1.82 bits per heavy atom. The molecular weight excluding hydrogens is 386 g/mol. The molecule has 1 atom stereocenters. The normalized spacial score (nSPS) is 12.5. The summed E-state index contributed by atoms with van der Waals surface area (Å²) in [6.07, 6.45) is 0.794. The highest BCUT2D eigenvalue weighted by Crippen LogP contribution is 2.20. The highest BCUT2D eigenvalue weighted by Gasteiger charge is 2.15. The molecule has 4 rings (SSSR count). The van der Waals surface area contributed by atoms with Crippen molar-refractivity contribution in [1.82, 2.24) is 19.3 Å². The molecule has 0 amide bonds. The maximum atomic E-state index is 5.70. The Morgan fingerprint density at radius 1 is 1.07 bits per heavy atom. The number of nitrogens with zero attached hydrogens (tertiary/aromatic N) is 4. The first-order chi connectivity index (χ1) is 13.6. The molecule has 0 radical (unpaired) electrons. The van der Waals surface area contributed by atoms with Crippen LogP contribution >= 0.6 is 23.6 Å². The second-order valence-electron chi connectivity index (χ2n) is 6.97. The van der Waals surface area contributed by atoms with Crippen molar-refractivity contribution in [2.75, 3.05) is 7.05 Å². The summed E-state index contributed by atoms with van der Waals surface area (Å²) in [6, 6.07) is 18.7. The van der Waals surface area contributed by atoms with Crippen LogP contribution in [-0.2, 0) is 26.2 Å². The lowest BCUT2D eigenvalue weighted by atomic mass is 10.1. The van der Waals surface area contributed by atoms with Gasteiger partial charge in [-0.1, -0.05) is 42.5 Å². The third-order valence-corrected chi connectivity index (χ3v) is 6.20. The van der Waals surface area contributed by atoms with Crippen molar-refractivity contribution in [1.29, 1.82) is 0 Å². The van der Waals surface area contributed by atoms with Crippen LogP contribution in [0.25, 0.3) is 10.2 Å². The number of rotatable bonds is 7. The zero-order valence-electron chi connectivity index (χ0n) is 16.1. The predicted octanol–water partition coefficient (Wildman–Crippen LogP) is 3.31. The van der Waals surface area contributed by atoms with E-state index in [9.17, 15) is 0 Å². The molecule has 0 bridgehead atoms. The van der Waals surface area contributed by atoms with Gasteiger partial charge in [0.2, 0.25) is 4.77 Å². The number of hydrogen-bond acceptors (Lipinski definition) is 4. The summed E-state index contributed by atoms with van der Waals surface area (Å²) in [4.78, 5) is 6.06. The van der Waals surface area contributed by atoms with Gasteiger partial charge >= 0.3 is 0 Å². The molecule has 28 heavy (non-hydrogen) atoms. The van der Waals surface area contributed by atoms with Gasteiger partial charge in [-0.05, 0) is 36.8 Å². The molecule has 0 saturated heterocycles. The molecule has 0 fully saturated rings. The van der Waals surface area contributed by atoms with Crippen LogP contribution in [0.1, 0.15) is 23.3 Å². The van der Waals surface area contributed by atoms with Gasteiger partial charge in [-0.25, -0.2) is 4.98 Å². The second kappa shape index (κ2) is 8.34.